The maximum absolute atomic E-state index is 6.03. The normalized spacial score (nSPS) is 16.6. The topological polar surface area (TPSA) is 44.5 Å². The van der Waals surface area contributed by atoms with Crippen molar-refractivity contribution in [3.8, 4) is 0 Å². The molecule has 17 heavy (non-hydrogen) atoms. The SMILES string of the molecule is CCCN1NC(c2ccccc2C)=C(C)N1N. The molecule has 1 aliphatic rings. The summed E-state index contributed by atoms with van der Waals surface area (Å²) in [6.45, 7) is 7.17. The van der Waals surface area contributed by atoms with Crippen molar-refractivity contribution in [2.45, 2.75) is 27.2 Å². The number of allylic oxidation sites excluding steroid dienone is 1. The molecule has 4 nitrogen and oxygen atoms in total. The molecule has 0 unspecified atom stereocenters. The van der Waals surface area contributed by atoms with E-state index in [9.17, 15) is 0 Å². The third-order valence-corrected chi connectivity index (χ3v) is 3.06. The Kier molecular flexibility index (Phi) is 3.36. The van der Waals surface area contributed by atoms with E-state index in [4.69, 9.17) is 5.84 Å². The van der Waals surface area contributed by atoms with Crippen LogP contribution in [0.25, 0.3) is 5.70 Å². The number of benzene rings is 1. The number of hydrogen-bond acceptors (Lipinski definition) is 4. The predicted molar refractivity (Wildman–Crippen MR) is 69.9 cm³/mol. The second-order valence-electron chi connectivity index (χ2n) is 4.35. The first-order valence-electron chi connectivity index (χ1n) is 6.01. The van der Waals surface area contributed by atoms with Crippen molar-refractivity contribution in [3.05, 3.63) is 41.1 Å². The molecule has 0 amide bonds. The molecular weight excluding hydrogens is 212 g/mol. The fraction of sp³-hybridized carbons (Fsp3) is 0.385. The summed E-state index contributed by atoms with van der Waals surface area (Å²) in [6.07, 6.45) is 1.05. The Balaban J connectivity index is 2.31. The highest BCUT2D eigenvalue weighted by Crippen LogP contribution is 2.26. The molecule has 0 radical (unpaired) electrons. The van der Waals surface area contributed by atoms with E-state index >= 15 is 0 Å². The highest BCUT2D eigenvalue weighted by atomic mass is 15.9. The third-order valence-electron chi connectivity index (χ3n) is 3.06. The van der Waals surface area contributed by atoms with E-state index in [1.165, 1.54) is 11.1 Å². The van der Waals surface area contributed by atoms with Gasteiger partial charge < -0.3 is 0 Å². The van der Waals surface area contributed by atoms with Crippen LogP contribution in [0.4, 0.5) is 0 Å². The molecule has 0 spiro atoms. The van der Waals surface area contributed by atoms with Crippen molar-refractivity contribution in [3.63, 3.8) is 0 Å². The molecule has 0 bridgehead atoms. The van der Waals surface area contributed by atoms with E-state index in [0.717, 1.165) is 24.4 Å². The first-order chi connectivity index (χ1) is 8.15. The molecule has 0 saturated heterocycles. The molecule has 1 heterocycles. The fourth-order valence-electron chi connectivity index (χ4n) is 2.04. The van der Waals surface area contributed by atoms with Gasteiger partial charge in [-0.05, 0) is 25.8 Å². The van der Waals surface area contributed by atoms with Gasteiger partial charge in [0.1, 0.15) is 0 Å². The molecule has 1 aromatic carbocycles. The van der Waals surface area contributed by atoms with Gasteiger partial charge >= 0.3 is 0 Å². The highest BCUT2D eigenvalue weighted by Gasteiger charge is 2.25. The van der Waals surface area contributed by atoms with Crippen molar-refractivity contribution in [1.29, 1.82) is 0 Å². The summed E-state index contributed by atoms with van der Waals surface area (Å²) in [4.78, 5) is 0. The van der Waals surface area contributed by atoms with Crippen LogP contribution < -0.4 is 11.3 Å². The lowest BCUT2D eigenvalue weighted by Gasteiger charge is -2.25. The van der Waals surface area contributed by atoms with Crippen molar-refractivity contribution in [2.75, 3.05) is 6.54 Å². The number of nitrogens with one attached hydrogen (secondary N) is 1. The van der Waals surface area contributed by atoms with Crippen LogP contribution in [0.1, 0.15) is 31.4 Å². The summed E-state index contributed by atoms with van der Waals surface area (Å²) in [5.41, 5.74) is 7.97. The second-order valence-corrected chi connectivity index (χ2v) is 4.35. The van der Waals surface area contributed by atoms with Gasteiger partial charge in [-0.25, -0.2) is 11.0 Å². The standard InChI is InChI=1S/C13H20N4/c1-4-9-16-15-13(11(3)17(16)14)12-8-6-5-7-10(12)2/h5-8,15H,4,9,14H2,1-3H3. The minimum atomic E-state index is 0.892. The average molecular weight is 232 g/mol. The van der Waals surface area contributed by atoms with Crippen molar-refractivity contribution >= 4 is 5.70 Å². The summed E-state index contributed by atoms with van der Waals surface area (Å²) in [7, 11) is 0. The Bertz CT molecular complexity index is 439. The van der Waals surface area contributed by atoms with Crippen molar-refractivity contribution in [1.82, 2.24) is 15.7 Å². The molecule has 2 rings (SSSR count). The van der Waals surface area contributed by atoms with Gasteiger partial charge in [-0.3, -0.25) is 5.43 Å². The van der Waals surface area contributed by atoms with Crippen LogP contribution in [0.15, 0.2) is 30.0 Å². The highest BCUT2D eigenvalue weighted by molar-refractivity contribution is 5.69. The second kappa shape index (κ2) is 4.77. The lowest BCUT2D eigenvalue weighted by Crippen LogP contribution is -2.47. The molecule has 0 fully saturated rings. The predicted octanol–water partition coefficient (Wildman–Crippen LogP) is 2.00. The van der Waals surface area contributed by atoms with E-state index < -0.39 is 0 Å². The van der Waals surface area contributed by atoms with Gasteiger partial charge in [-0.15, -0.1) is 5.12 Å². The molecule has 0 saturated carbocycles. The summed E-state index contributed by atoms with van der Waals surface area (Å²) < 4.78 is 0. The van der Waals surface area contributed by atoms with Gasteiger partial charge in [0, 0.05) is 12.1 Å². The number of rotatable bonds is 3. The Labute approximate surface area is 103 Å². The van der Waals surface area contributed by atoms with Crippen LogP contribution in [0, 0.1) is 6.92 Å². The van der Waals surface area contributed by atoms with Gasteiger partial charge in [-0.1, -0.05) is 31.2 Å². The molecule has 0 aliphatic carbocycles. The smallest absolute Gasteiger partial charge is 0.0803 e. The van der Waals surface area contributed by atoms with Gasteiger partial charge in [0.25, 0.3) is 0 Å². The Morgan fingerprint density at radius 1 is 1.24 bits per heavy atom. The lowest BCUT2D eigenvalue weighted by molar-refractivity contribution is -0.00230. The lowest BCUT2D eigenvalue weighted by atomic mass is 10.1. The Morgan fingerprint density at radius 2 is 1.94 bits per heavy atom. The minimum Gasteiger partial charge on any atom is -0.298 e. The largest absolute Gasteiger partial charge is 0.298 e. The Hall–Kier alpha value is -1.52. The maximum atomic E-state index is 6.03. The zero-order chi connectivity index (χ0) is 12.4. The molecule has 0 atom stereocenters. The summed E-state index contributed by atoms with van der Waals surface area (Å²) >= 11 is 0. The van der Waals surface area contributed by atoms with Crippen LogP contribution >= 0.6 is 0 Å². The average Bonchev–Trinajstić information content (AvgIpc) is 2.59. The zero-order valence-corrected chi connectivity index (χ0v) is 10.7. The summed E-state index contributed by atoms with van der Waals surface area (Å²) in [6, 6.07) is 8.33. The number of aryl methyl sites for hydroxylation is 1. The summed E-state index contributed by atoms with van der Waals surface area (Å²) in [5, 5.41) is 3.63. The van der Waals surface area contributed by atoms with Crippen LogP contribution in [0.5, 0.6) is 0 Å². The third kappa shape index (κ3) is 2.14. The van der Waals surface area contributed by atoms with Crippen molar-refractivity contribution in [2.24, 2.45) is 5.84 Å². The summed E-state index contributed by atoms with van der Waals surface area (Å²) in [5.74, 6) is 6.03. The van der Waals surface area contributed by atoms with Crippen LogP contribution in [-0.2, 0) is 0 Å². The van der Waals surface area contributed by atoms with Gasteiger partial charge in [0.05, 0.1) is 11.4 Å². The zero-order valence-electron chi connectivity index (χ0n) is 10.7. The number of nitrogens with two attached hydrogens (primary N) is 1. The molecule has 3 N–H and O–H groups in total. The van der Waals surface area contributed by atoms with Crippen LogP contribution in [-0.4, -0.2) is 16.8 Å². The maximum Gasteiger partial charge on any atom is 0.0803 e. The number of hydrazine groups is 3. The van der Waals surface area contributed by atoms with Crippen molar-refractivity contribution < 1.29 is 0 Å². The monoisotopic (exact) mass is 232 g/mol. The molecule has 92 valence electrons. The van der Waals surface area contributed by atoms with E-state index in [2.05, 4.69) is 31.4 Å². The van der Waals surface area contributed by atoms with Crippen LogP contribution in [0.2, 0.25) is 0 Å². The van der Waals surface area contributed by atoms with Gasteiger partial charge in [-0.2, -0.15) is 0 Å². The van der Waals surface area contributed by atoms with E-state index in [1.807, 2.05) is 24.2 Å². The Morgan fingerprint density at radius 3 is 2.59 bits per heavy atom. The number of hydrogen-bond donors (Lipinski definition) is 2. The fourth-order valence-corrected chi connectivity index (χ4v) is 2.04. The molecule has 4 heteroatoms. The van der Waals surface area contributed by atoms with Crippen LogP contribution in [0.3, 0.4) is 0 Å². The molecule has 0 aromatic heterocycles. The van der Waals surface area contributed by atoms with Gasteiger partial charge in [0.15, 0.2) is 0 Å². The quantitative estimate of drug-likeness (QED) is 0.782. The van der Waals surface area contributed by atoms with E-state index in [0.29, 0.717) is 0 Å². The molecule has 1 aromatic rings. The van der Waals surface area contributed by atoms with E-state index in [-0.39, 0.29) is 0 Å². The number of nitrogens with zero attached hydrogens (tertiary/aromatic N) is 2. The van der Waals surface area contributed by atoms with E-state index in [1.54, 1.807) is 5.12 Å². The molecule has 1 aliphatic heterocycles. The first-order valence-corrected chi connectivity index (χ1v) is 6.01. The molecular formula is C13H20N4. The minimum absolute atomic E-state index is 0.892. The van der Waals surface area contributed by atoms with Gasteiger partial charge in [0.2, 0.25) is 0 Å². The first kappa shape index (κ1) is 12.0.